The number of aliphatic carboxylic acids is 1. The Kier molecular flexibility index (Phi) is 4.74. The number of piperazine rings is 1. The van der Waals surface area contributed by atoms with Crippen LogP contribution in [0.15, 0.2) is 22.7 Å². The number of hydrogen-bond donors (Lipinski definition) is 1. The molecule has 1 aliphatic rings. The topological polar surface area (TPSA) is 43.8 Å². The molecule has 0 aliphatic carbocycles. The number of carboxylic acids is 1. The molecule has 1 unspecified atom stereocenters. The molecule has 1 saturated heterocycles. The van der Waals surface area contributed by atoms with Crippen molar-refractivity contribution >= 4 is 33.5 Å². The summed E-state index contributed by atoms with van der Waals surface area (Å²) in [6.07, 6.45) is 0. The average molecular weight is 362 g/mol. The van der Waals surface area contributed by atoms with Crippen molar-refractivity contribution in [1.82, 2.24) is 9.80 Å². The lowest BCUT2D eigenvalue weighted by Crippen LogP contribution is -2.57. The molecule has 1 heterocycles. The summed E-state index contributed by atoms with van der Waals surface area (Å²) in [7, 11) is 2.04. The molecular formula is C14H18BrClN2O2. The number of halogens is 2. The van der Waals surface area contributed by atoms with Gasteiger partial charge in [0.15, 0.2) is 0 Å². The Morgan fingerprint density at radius 3 is 2.45 bits per heavy atom. The van der Waals surface area contributed by atoms with Gasteiger partial charge in [-0.25, -0.2) is 4.79 Å². The maximum atomic E-state index is 11.9. The highest BCUT2D eigenvalue weighted by Crippen LogP contribution is 2.35. The fourth-order valence-electron chi connectivity index (χ4n) is 2.56. The minimum absolute atomic E-state index is 0.475. The van der Waals surface area contributed by atoms with Crippen LogP contribution in [0.3, 0.4) is 0 Å². The maximum absolute atomic E-state index is 11.9. The van der Waals surface area contributed by atoms with Gasteiger partial charge in [-0.2, -0.15) is 0 Å². The lowest BCUT2D eigenvalue weighted by molar-refractivity contribution is -0.152. The van der Waals surface area contributed by atoms with Gasteiger partial charge in [0.1, 0.15) is 5.54 Å². The number of likely N-dealkylation sites (N-methyl/N-ethyl adjacent to an activating group) is 1. The molecule has 0 aromatic heterocycles. The van der Waals surface area contributed by atoms with Crippen molar-refractivity contribution in [1.29, 1.82) is 0 Å². The van der Waals surface area contributed by atoms with Crippen LogP contribution in [0.1, 0.15) is 12.5 Å². The van der Waals surface area contributed by atoms with Gasteiger partial charge in [0.05, 0.1) is 0 Å². The van der Waals surface area contributed by atoms with E-state index in [9.17, 15) is 9.90 Å². The van der Waals surface area contributed by atoms with E-state index in [0.717, 1.165) is 17.6 Å². The van der Waals surface area contributed by atoms with Crippen LogP contribution < -0.4 is 0 Å². The Bertz CT molecular complexity index is 518. The van der Waals surface area contributed by atoms with Gasteiger partial charge >= 0.3 is 5.97 Å². The van der Waals surface area contributed by atoms with E-state index in [4.69, 9.17) is 11.6 Å². The molecule has 4 nitrogen and oxygen atoms in total. The van der Waals surface area contributed by atoms with Crippen LogP contribution in [0.2, 0.25) is 5.02 Å². The molecular weight excluding hydrogens is 344 g/mol. The van der Waals surface area contributed by atoms with Crippen LogP contribution in [0.25, 0.3) is 0 Å². The highest BCUT2D eigenvalue weighted by atomic mass is 79.9. The number of nitrogens with zero attached hydrogens (tertiary/aromatic N) is 2. The Balaban J connectivity index is 2.41. The van der Waals surface area contributed by atoms with Crippen molar-refractivity contribution in [3.05, 3.63) is 33.3 Å². The first-order valence-corrected chi connectivity index (χ1v) is 7.65. The van der Waals surface area contributed by atoms with Gasteiger partial charge in [-0.3, -0.25) is 4.90 Å². The van der Waals surface area contributed by atoms with Crippen LogP contribution in [0.4, 0.5) is 0 Å². The van der Waals surface area contributed by atoms with Crippen LogP contribution in [0, 0.1) is 0 Å². The summed E-state index contributed by atoms with van der Waals surface area (Å²) < 4.78 is 0.845. The van der Waals surface area contributed by atoms with Gasteiger partial charge < -0.3 is 10.0 Å². The standard InChI is InChI=1S/C14H18BrClN2O2/c1-14(13(19)20,18-7-5-17(2)6-8-18)11-4-3-10(15)9-12(11)16/h3-4,9H,5-8H2,1-2H3,(H,19,20). The number of hydrogen-bond acceptors (Lipinski definition) is 3. The molecule has 0 saturated carbocycles. The molecule has 1 fully saturated rings. The van der Waals surface area contributed by atoms with E-state index in [-0.39, 0.29) is 0 Å². The third-order valence-electron chi connectivity index (χ3n) is 4.01. The van der Waals surface area contributed by atoms with Crippen LogP contribution in [0.5, 0.6) is 0 Å². The third kappa shape index (κ3) is 2.86. The summed E-state index contributed by atoms with van der Waals surface area (Å²) in [4.78, 5) is 16.1. The Morgan fingerprint density at radius 1 is 1.35 bits per heavy atom. The van der Waals surface area contributed by atoms with Crippen molar-refractivity contribution in [3.8, 4) is 0 Å². The van der Waals surface area contributed by atoms with Crippen molar-refractivity contribution in [2.45, 2.75) is 12.5 Å². The predicted octanol–water partition coefficient (Wildman–Crippen LogP) is 2.65. The van der Waals surface area contributed by atoms with Gasteiger partial charge in [-0.15, -0.1) is 0 Å². The molecule has 0 spiro atoms. The van der Waals surface area contributed by atoms with E-state index in [1.165, 1.54) is 0 Å². The number of rotatable bonds is 3. The zero-order valence-corrected chi connectivity index (χ0v) is 13.9. The highest BCUT2D eigenvalue weighted by Gasteiger charge is 2.43. The summed E-state index contributed by atoms with van der Waals surface area (Å²) in [6.45, 7) is 4.88. The van der Waals surface area contributed by atoms with E-state index in [1.807, 2.05) is 18.0 Å². The molecule has 0 radical (unpaired) electrons. The Morgan fingerprint density at radius 2 is 1.95 bits per heavy atom. The first kappa shape index (κ1) is 15.8. The lowest BCUT2D eigenvalue weighted by atomic mass is 9.89. The van der Waals surface area contributed by atoms with E-state index >= 15 is 0 Å². The predicted molar refractivity (Wildman–Crippen MR) is 83.2 cm³/mol. The highest BCUT2D eigenvalue weighted by molar-refractivity contribution is 9.10. The van der Waals surface area contributed by atoms with E-state index < -0.39 is 11.5 Å². The summed E-state index contributed by atoms with van der Waals surface area (Å²) in [5, 5.41) is 10.2. The second kappa shape index (κ2) is 6.02. The maximum Gasteiger partial charge on any atom is 0.328 e. The second-order valence-electron chi connectivity index (χ2n) is 5.29. The zero-order valence-electron chi connectivity index (χ0n) is 11.6. The van der Waals surface area contributed by atoms with E-state index in [2.05, 4.69) is 20.8 Å². The first-order chi connectivity index (χ1) is 9.35. The first-order valence-electron chi connectivity index (χ1n) is 6.48. The number of benzene rings is 1. The van der Waals surface area contributed by atoms with Crippen molar-refractivity contribution in [2.24, 2.45) is 0 Å². The smallest absolute Gasteiger partial charge is 0.328 e. The van der Waals surface area contributed by atoms with Crippen LogP contribution >= 0.6 is 27.5 Å². The summed E-state index contributed by atoms with van der Waals surface area (Å²) in [5.41, 5.74) is -0.460. The number of carbonyl (C=O) groups is 1. The fraction of sp³-hybridized carbons (Fsp3) is 0.500. The summed E-state index contributed by atoms with van der Waals surface area (Å²) in [6, 6.07) is 5.37. The van der Waals surface area contributed by atoms with Crippen molar-refractivity contribution in [2.75, 3.05) is 33.2 Å². The van der Waals surface area contributed by atoms with Gasteiger partial charge in [-0.1, -0.05) is 33.6 Å². The van der Waals surface area contributed by atoms with Gasteiger partial charge in [0.2, 0.25) is 0 Å². The minimum Gasteiger partial charge on any atom is -0.480 e. The van der Waals surface area contributed by atoms with Gasteiger partial charge in [0, 0.05) is 41.2 Å². The summed E-state index contributed by atoms with van der Waals surface area (Å²) in [5.74, 6) is -0.869. The fourth-order valence-corrected chi connectivity index (χ4v) is 3.42. The second-order valence-corrected chi connectivity index (χ2v) is 6.61. The van der Waals surface area contributed by atoms with Crippen molar-refractivity contribution in [3.63, 3.8) is 0 Å². The number of carboxylic acid groups (broad SMARTS) is 1. The normalized spacial score (nSPS) is 20.6. The molecule has 1 atom stereocenters. The monoisotopic (exact) mass is 360 g/mol. The average Bonchev–Trinajstić information content (AvgIpc) is 2.38. The zero-order chi connectivity index (χ0) is 14.9. The molecule has 1 aromatic carbocycles. The van der Waals surface area contributed by atoms with E-state index in [0.29, 0.717) is 23.7 Å². The Hall–Kier alpha value is -0.620. The SMILES string of the molecule is CN1CCN(C(C)(C(=O)O)c2ccc(Br)cc2Cl)CC1. The molecule has 1 N–H and O–H groups in total. The molecule has 6 heteroatoms. The molecule has 110 valence electrons. The molecule has 2 rings (SSSR count). The molecule has 1 aromatic rings. The van der Waals surface area contributed by atoms with Gasteiger partial charge in [-0.05, 0) is 26.1 Å². The summed E-state index contributed by atoms with van der Waals surface area (Å²) >= 11 is 9.63. The van der Waals surface area contributed by atoms with E-state index in [1.54, 1.807) is 19.1 Å². The van der Waals surface area contributed by atoms with Gasteiger partial charge in [0.25, 0.3) is 0 Å². The third-order valence-corrected chi connectivity index (χ3v) is 4.81. The molecule has 1 aliphatic heterocycles. The van der Waals surface area contributed by atoms with Crippen LogP contribution in [-0.2, 0) is 10.3 Å². The quantitative estimate of drug-likeness (QED) is 0.899. The van der Waals surface area contributed by atoms with Crippen LogP contribution in [-0.4, -0.2) is 54.1 Å². The minimum atomic E-state index is -1.10. The Labute approximate surface area is 132 Å². The molecule has 20 heavy (non-hydrogen) atoms. The lowest BCUT2D eigenvalue weighted by Gasteiger charge is -2.43. The molecule has 0 amide bonds. The molecule has 0 bridgehead atoms. The van der Waals surface area contributed by atoms with Crippen molar-refractivity contribution < 1.29 is 9.90 Å². The largest absolute Gasteiger partial charge is 0.480 e.